The average Bonchev–Trinajstić information content (AvgIpc) is 3.72. The Morgan fingerprint density at radius 2 is 1.88 bits per heavy atom. The summed E-state index contributed by atoms with van der Waals surface area (Å²) in [6.45, 7) is -0.196. The summed E-state index contributed by atoms with van der Waals surface area (Å²) in [5, 5.41) is 11.4. The van der Waals surface area contributed by atoms with Crippen molar-refractivity contribution < 1.29 is 33.2 Å². The zero-order valence-electron chi connectivity index (χ0n) is 27.3. The maximum Gasteiger partial charge on any atom is 0.287 e. The quantitative estimate of drug-likeness (QED) is 0.136. The summed E-state index contributed by atoms with van der Waals surface area (Å²) < 4.78 is 6.39. The second-order valence-corrected chi connectivity index (χ2v) is 12.7. The molecule has 1 aromatic carbocycles. The van der Waals surface area contributed by atoms with Gasteiger partial charge in [-0.1, -0.05) is 6.07 Å². The molecule has 15 heteroatoms. The summed E-state index contributed by atoms with van der Waals surface area (Å²) in [4.78, 5) is 84.1. The van der Waals surface area contributed by atoms with Gasteiger partial charge in [0.15, 0.2) is 0 Å². The lowest BCUT2D eigenvalue weighted by molar-refractivity contribution is -0.137. The van der Waals surface area contributed by atoms with Crippen LogP contribution in [0.25, 0.3) is 11.0 Å². The number of anilines is 1. The Balaban J connectivity index is 0.000000297. The number of hydrogen-bond acceptors (Lipinski definition) is 9. The van der Waals surface area contributed by atoms with E-state index in [1.54, 1.807) is 18.2 Å². The molecule has 2 heterocycles. The number of nitrogens with one attached hydrogen (secondary N) is 4. The first-order chi connectivity index (χ1) is 23.0. The molecule has 6 atom stereocenters. The highest BCUT2D eigenvalue weighted by Gasteiger charge is 2.64. The van der Waals surface area contributed by atoms with Gasteiger partial charge in [0.05, 0.1) is 18.2 Å². The van der Waals surface area contributed by atoms with Gasteiger partial charge < -0.3 is 40.8 Å². The van der Waals surface area contributed by atoms with Crippen LogP contribution < -0.4 is 32.6 Å². The summed E-state index contributed by atoms with van der Waals surface area (Å²) in [6.07, 6.45) is 7.55. The number of pyridine rings is 1. The molecular formula is C34H42N6O8S. The molecule has 4 aliphatic carbocycles. The monoisotopic (exact) mass is 694 g/mol. The maximum atomic E-state index is 12.9. The van der Waals surface area contributed by atoms with E-state index in [-0.39, 0.29) is 55.5 Å². The van der Waals surface area contributed by atoms with Gasteiger partial charge >= 0.3 is 0 Å². The minimum Gasteiger partial charge on any atom is -0.464 e. The molecule has 14 nitrogen and oxygen atoms in total. The third kappa shape index (κ3) is 7.62. The number of likely N-dealkylation sites (N-methyl/N-ethyl adjacent to an activating group) is 1. The molecule has 0 aliphatic heterocycles. The normalized spacial score (nSPS) is 23.4. The largest absolute Gasteiger partial charge is 0.464 e. The Bertz CT molecular complexity index is 1810. The Morgan fingerprint density at radius 1 is 1.10 bits per heavy atom. The number of furan rings is 1. The number of carbonyl (C=O) groups is 6. The Kier molecular flexibility index (Phi) is 11.8. The van der Waals surface area contributed by atoms with E-state index in [0.717, 1.165) is 28.7 Å². The minimum atomic E-state index is -1.24. The SMILES string of the molecule is CNC(=O)C(=O)CCC(NC(=O)c1ccc2ccoc2c1)C(=O)Nc1cccn(CC=O)c1=O.CNC1C2CC3CC1C(C(N)=O)(C3)C2.S. The van der Waals surface area contributed by atoms with Gasteiger partial charge in [-0.2, -0.15) is 13.5 Å². The number of ketones is 1. The van der Waals surface area contributed by atoms with E-state index in [1.165, 1.54) is 50.5 Å². The first-order valence-corrected chi connectivity index (χ1v) is 16.0. The van der Waals surface area contributed by atoms with Gasteiger partial charge in [-0.05, 0) is 87.2 Å². The molecule has 7 rings (SSSR count). The number of rotatable bonds is 12. The molecule has 49 heavy (non-hydrogen) atoms. The minimum absolute atomic E-state index is 0. The van der Waals surface area contributed by atoms with Crippen molar-refractivity contribution >= 4 is 65.9 Å². The molecule has 0 spiro atoms. The van der Waals surface area contributed by atoms with Crippen molar-refractivity contribution in [3.63, 3.8) is 0 Å². The van der Waals surface area contributed by atoms with Crippen molar-refractivity contribution in [3.05, 3.63) is 64.8 Å². The number of hydrogen-bond donors (Lipinski definition) is 5. The van der Waals surface area contributed by atoms with Crippen LogP contribution in [0.5, 0.6) is 0 Å². The van der Waals surface area contributed by atoms with Crippen LogP contribution in [0.1, 0.15) is 48.9 Å². The fraction of sp³-hybridized carbons (Fsp3) is 0.441. The highest BCUT2D eigenvalue weighted by Crippen LogP contribution is 2.65. The molecule has 4 saturated carbocycles. The molecule has 4 fully saturated rings. The standard InChI is InChI=1S/C23H22N4O7.C11H18N2O.H2S/c1-24-22(32)18(29)7-6-16(21(31)26-17-3-2-9-27(10-11-28)23(17)33)25-20(30)15-5-4-14-8-12-34-19(14)13-15;1-13-9-7-2-6-3-8(9)11(4-6,5-7)10(12)14;/h2-5,8-9,11-13,16H,6-7,10H2,1H3,(H,24,32)(H,25,30)(H,26,31);6-9,13H,2-5H2,1H3,(H2,12,14);1H2. The lowest BCUT2D eigenvalue weighted by Crippen LogP contribution is -2.45. The number of primary amides is 1. The smallest absolute Gasteiger partial charge is 0.287 e. The van der Waals surface area contributed by atoms with Crippen LogP contribution in [0.4, 0.5) is 5.69 Å². The summed E-state index contributed by atoms with van der Waals surface area (Å²) in [5.41, 5.74) is 5.45. The van der Waals surface area contributed by atoms with Crippen molar-refractivity contribution in [2.24, 2.45) is 28.9 Å². The number of nitrogens with two attached hydrogens (primary N) is 1. The third-order valence-electron chi connectivity index (χ3n) is 10.0. The number of benzene rings is 1. The van der Waals surface area contributed by atoms with Gasteiger partial charge in [0, 0.05) is 36.7 Å². The predicted octanol–water partition coefficient (Wildman–Crippen LogP) is 1.23. The highest BCUT2D eigenvalue weighted by molar-refractivity contribution is 7.59. The number of aromatic nitrogens is 1. The van der Waals surface area contributed by atoms with E-state index in [9.17, 15) is 33.6 Å². The van der Waals surface area contributed by atoms with E-state index in [4.69, 9.17) is 10.2 Å². The number of nitrogens with zero attached hydrogens (tertiary/aromatic N) is 1. The zero-order chi connectivity index (χ0) is 34.6. The van der Waals surface area contributed by atoms with Crippen molar-refractivity contribution in [3.8, 4) is 0 Å². The van der Waals surface area contributed by atoms with Gasteiger partial charge in [0.1, 0.15) is 23.6 Å². The molecule has 6 N–H and O–H groups in total. The molecule has 4 bridgehead atoms. The van der Waals surface area contributed by atoms with Crippen molar-refractivity contribution in [2.45, 2.75) is 57.2 Å². The molecule has 4 amide bonds. The van der Waals surface area contributed by atoms with E-state index >= 15 is 0 Å². The van der Waals surface area contributed by atoms with Crippen LogP contribution in [-0.2, 0) is 30.5 Å². The molecule has 4 aliphatic rings. The topological polar surface area (TPSA) is 212 Å². The molecule has 0 radical (unpaired) electrons. The Labute approximate surface area is 289 Å². The van der Waals surface area contributed by atoms with E-state index < -0.39 is 35.1 Å². The van der Waals surface area contributed by atoms with Crippen LogP contribution >= 0.6 is 13.5 Å². The Hall–Kier alpha value is -4.76. The average molecular weight is 695 g/mol. The van der Waals surface area contributed by atoms with Crippen LogP contribution in [0.2, 0.25) is 0 Å². The predicted molar refractivity (Wildman–Crippen MR) is 185 cm³/mol. The number of fused-ring (bicyclic) bond motifs is 1. The maximum absolute atomic E-state index is 12.9. The van der Waals surface area contributed by atoms with Gasteiger partial charge in [0.25, 0.3) is 17.4 Å². The molecule has 2 aromatic heterocycles. The summed E-state index contributed by atoms with van der Waals surface area (Å²) in [5.74, 6) is -0.967. The van der Waals surface area contributed by atoms with Crippen LogP contribution in [0.3, 0.4) is 0 Å². The number of aldehydes is 1. The van der Waals surface area contributed by atoms with Gasteiger partial charge in [-0.25, -0.2) is 0 Å². The lowest BCUT2D eigenvalue weighted by Gasteiger charge is -2.31. The molecule has 6 unspecified atom stereocenters. The van der Waals surface area contributed by atoms with Crippen LogP contribution in [0.15, 0.2) is 58.1 Å². The molecule has 262 valence electrons. The van der Waals surface area contributed by atoms with Crippen molar-refractivity contribution in [2.75, 3.05) is 19.4 Å². The van der Waals surface area contributed by atoms with Crippen LogP contribution in [0, 0.1) is 23.2 Å². The van der Waals surface area contributed by atoms with Crippen LogP contribution in [-0.4, -0.2) is 66.4 Å². The fourth-order valence-electron chi connectivity index (χ4n) is 7.85. The van der Waals surface area contributed by atoms with E-state index in [0.29, 0.717) is 29.7 Å². The second-order valence-electron chi connectivity index (χ2n) is 12.7. The number of Topliss-reactive ketones (excluding diaryl/α,β-unsaturated/α-hetero) is 1. The van der Waals surface area contributed by atoms with Gasteiger partial charge in [-0.15, -0.1) is 0 Å². The van der Waals surface area contributed by atoms with Gasteiger partial charge in [-0.3, -0.25) is 28.8 Å². The lowest BCUT2D eigenvalue weighted by atomic mass is 9.75. The van der Waals surface area contributed by atoms with E-state index in [1.807, 2.05) is 7.05 Å². The fourth-order valence-corrected chi connectivity index (χ4v) is 7.85. The third-order valence-corrected chi connectivity index (χ3v) is 10.0. The van der Waals surface area contributed by atoms with Gasteiger partial charge in [0.2, 0.25) is 17.6 Å². The van der Waals surface area contributed by atoms with Crippen molar-refractivity contribution in [1.82, 2.24) is 20.5 Å². The number of amides is 4. The summed E-state index contributed by atoms with van der Waals surface area (Å²) in [6, 6.07) is 8.60. The number of carbonyl (C=O) groups excluding carboxylic acids is 6. The zero-order valence-corrected chi connectivity index (χ0v) is 28.3. The second kappa shape index (κ2) is 15.6. The summed E-state index contributed by atoms with van der Waals surface area (Å²) in [7, 11) is 3.32. The molecular weight excluding hydrogens is 652 g/mol. The molecule has 3 aromatic rings. The highest BCUT2D eigenvalue weighted by atomic mass is 32.1. The van der Waals surface area contributed by atoms with E-state index in [2.05, 4.69) is 21.3 Å². The molecule has 0 saturated heterocycles. The summed E-state index contributed by atoms with van der Waals surface area (Å²) >= 11 is 0. The first kappa shape index (κ1) is 37.1. The Morgan fingerprint density at radius 3 is 2.57 bits per heavy atom. The van der Waals surface area contributed by atoms with Crippen molar-refractivity contribution in [1.29, 1.82) is 0 Å². The first-order valence-electron chi connectivity index (χ1n) is 16.0.